The van der Waals surface area contributed by atoms with Crippen molar-refractivity contribution in [2.75, 3.05) is 19.0 Å². The summed E-state index contributed by atoms with van der Waals surface area (Å²) in [4.78, 5) is 26.0. The lowest BCUT2D eigenvalue weighted by Crippen LogP contribution is -2.51. The Morgan fingerprint density at radius 1 is 1.21 bits per heavy atom. The van der Waals surface area contributed by atoms with Crippen LogP contribution in [0, 0.1) is 0 Å². The standard InChI is InChI=1S/C19H22N6O3S/c1-20-29(27,28)19-22-16-15(24(19)11-12-7-4-3-5-8-12)17(26)23(2)18-21-13-9-6-10-14(13)25(16)18/h3-5,7-8,13-14,20H,6,9-11H2,1-2H3/t13-,14+/m0/s1. The Labute approximate surface area is 169 Å². The number of fused-ring (bicyclic) bond motifs is 5. The summed E-state index contributed by atoms with van der Waals surface area (Å²) in [5.74, 6) is 0.664. The lowest BCUT2D eigenvalue weighted by atomic mass is 10.1. The van der Waals surface area contributed by atoms with Gasteiger partial charge in [-0.25, -0.2) is 18.1 Å². The van der Waals surface area contributed by atoms with Crippen LogP contribution in [0.2, 0.25) is 0 Å². The van der Waals surface area contributed by atoms with Crippen LogP contribution in [-0.2, 0) is 16.6 Å². The second-order valence-electron chi connectivity index (χ2n) is 7.57. The number of anilines is 1. The smallest absolute Gasteiger partial charge is 0.280 e. The third kappa shape index (κ3) is 2.62. The highest BCUT2D eigenvalue weighted by molar-refractivity contribution is 7.89. The third-order valence-electron chi connectivity index (χ3n) is 5.91. The van der Waals surface area contributed by atoms with Crippen molar-refractivity contribution in [3.63, 3.8) is 0 Å². The lowest BCUT2D eigenvalue weighted by Gasteiger charge is -2.34. The van der Waals surface area contributed by atoms with E-state index in [4.69, 9.17) is 4.99 Å². The number of aliphatic imine (C=N–C) groups is 1. The molecule has 29 heavy (non-hydrogen) atoms. The second-order valence-corrected chi connectivity index (χ2v) is 9.36. The molecule has 1 aliphatic carbocycles. The van der Waals surface area contributed by atoms with Crippen LogP contribution in [0.3, 0.4) is 0 Å². The molecule has 0 unspecified atom stereocenters. The first kappa shape index (κ1) is 18.3. The predicted octanol–water partition coefficient (Wildman–Crippen LogP) is 1.02. The molecule has 5 rings (SSSR count). The number of hydrogen-bond donors (Lipinski definition) is 1. The van der Waals surface area contributed by atoms with E-state index in [0.29, 0.717) is 11.8 Å². The van der Waals surface area contributed by atoms with Gasteiger partial charge in [-0.15, -0.1) is 0 Å². The first-order valence-corrected chi connectivity index (χ1v) is 11.1. The van der Waals surface area contributed by atoms with Crippen molar-refractivity contribution in [2.24, 2.45) is 4.99 Å². The van der Waals surface area contributed by atoms with Gasteiger partial charge >= 0.3 is 0 Å². The van der Waals surface area contributed by atoms with Crippen LogP contribution in [0.4, 0.5) is 5.82 Å². The second kappa shape index (κ2) is 6.39. The van der Waals surface area contributed by atoms with Crippen LogP contribution in [0.5, 0.6) is 0 Å². The van der Waals surface area contributed by atoms with Gasteiger partial charge in [0.15, 0.2) is 11.5 Å². The van der Waals surface area contributed by atoms with Gasteiger partial charge in [-0.1, -0.05) is 30.3 Å². The van der Waals surface area contributed by atoms with Crippen LogP contribution < -0.4 is 9.62 Å². The zero-order valence-corrected chi connectivity index (χ0v) is 17.1. The van der Waals surface area contributed by atoms with Crippen molar-refractivity contribution in [3.8, 4) is 0 Å². The number of aromatic nitrogens is 2. The van der Waals surface area contributed by atoms with E-state index >= 15 is 0 Å². The molecular formula is C19H22N6O3S. The van der Waals surface area contributed by atoms with Crippen LogP contribution in [0.15, 0.2) is 40.5 Å². The van der Waals surface area contributed by atoms with Crippen LogP contribution in [0.1, 0.15) is 35.3 Å². The van der Waals surface area contributed by atoms with Crippen molar-refractivity contribution >= 4 is 27.7 Å². The molecule has 1 amide bonds. The maximum atomic E-state index is 13.3. The first-order valence-electron chi connectivity index (χ1n) is 9.65. The van der Waals surface area contributed by atoms with E-state index < -0.39 is 10.0 Å². The van der Waals surface area contributed by atoms with Crippen molar-refractivity contribution < 1.29 is 13.2 Å². The molecule has 10 heteroatoms. The van der Waals surface area contributed by atoms with Crippen molar-refractivity contribution in [2.45, 2.75) is 43.0 Å². The first-order chi connectivity index (χ1) is 13.9. The average molecular weight is 414 g/mol. The summed E-state index contributed by atoms with van der Waals surface area (Å²) in [6.07, 6.45) is 2.97. The molecule has 3 heterocycles. The number of imidazole rings is 1. The molecule has 1 saturated carbocycles. The molecule has 2 aliphatic heterocycles. The van der Waals surface area contributed by atoms with E-state index in [9.17, 15) is 13.2 Å². The highest BCUT2D eigenvalue weighted by atomic mass is 32.2. The Morgan fingerprint density at radius 3 is 2.69 bits per heavy atom. The van der Waals surface area contributed by atoms with Gasteiger partial charge < -0.3 is 4.57 Å². The summed E-state index contributed by atoms with van der Waals surface area (Å²) in [5.41, 5.74) is 1.17. The summed E-state index contributed by atoms with van der Waals surface area (Å²) in [5, 5.41) is -0.154. The molecule has 0 radical (unpaired) electrons. The molecular weight excluding hydrogens is 392 g/mol. The number of amides is 1. The number of guanidine groups is 1. The van der Waals surface area contributed by atoms with Crippen LogP contribution in [-0.4, -0.2) is 60.9 Å². The Balaban J connectivity index is 1.73. The Bertz CT molecular complexity index is 1120. The van der Waals surface area contributed by atoms with Crippen LogP contribution >= 0.6 is 0 Å². The van der Waals surface area contributed by atoms with Crippen molar-refractivity contribution in [3.05, 3.63) is 41.6 Å². The monoisotopic (exact) mass is 414 g/mol. The number of hydrogen-bond acceptors (Lipinski definition) is 6. The maximum Gasteiger partial charge on any atom is 0.280 e. The molecule has 3 aliphatic rings. The summed E-state index contributed by atoms with van der Waals surface area (Å²) in [6, 6.07) is 9.69. The molecule has 152 valence electrons. The molecule has 9 nitrogen and oxygen atoms in total. The predicted molar refractivity (Wildman–Crippen MR) is 107 cm³/mol. The number of carbonyl (C=O) groups excluding carboxylic acids is 1. The molecule has 1 fully saturated rings. The van der Waals surface area contributed by atoms with Crippen molar-refractivity contribution in [1.82, 2.24) is 19.2 Å². The summed E-state index contributed by atoms with van der Waals surface area (Å²) >= 11 is 0. The SMILES string of the molecule is CNS(=O)(=O)c1nc2c(n1Cc1ccccc1)C(=O)N(C)C1=N[C@H]3CCC[C@H]3N12. The minimum absolute atomic E-state index is 0.115. The van der Waals surface area contributed by atoms with E-state index in [0.717, 1.165) is 24.8 Å². The minimum Gasteiger partial charge on any atom is -0.303 e. The van der Waals surface area contributed by atoms with Gasteiger partial charge in [0.25, 0.3) is 15.9 Å². The number of benzene rings is 1. The highest BCUT2D eigenvalue weighted by Crippen LogP contribution is 2.41. The van der Waals surface area contributed by atoms with E-state index in [-0.39, 0.29) is 35.4 Å². The lowest BCUT2D eigenvalue weighted by molar-refractivity contribution is 0.0854. The normalized spacial score (nSPS) is 23.1. The summed E-state index contributed by atoms with van der Waals surface area (Å²) in [6.45, 7) is 0.230. The van der Waals surface area contributed by atoms with Gasteiger partial charge in [0.2, 0.25) is 11.1 Å². The average Bonchev–Trinajstić information content (AvgIpc) is 3.40. The Hall–Kier alpha value is -2.72. The largest absolute Gasteiger partial charge is 0.303 e. The van der Waals surface area contributed by atoms with Gasteiger partial charge in [0.05, 0.1) is 18.6 Å². The van der Waals surface area contributed by atoms with Gasteiger partial charge in [-0.3, -0.25) is 14.6 Å². The molecule has 1 aromatic carbocycles. The molecule has 0 saturated heterocycles. The molecule has 0 bridgehead atoms. The van der Waals surface area contributed by atoms with Gasteiger partial charge in [-0.2, -0.15) is 4.98 Å². The number of nitrogens with one attached hydrogen (secondary N) is 1. The summed E-state index contributed by atoms with van der Waals surface area (Å²) < 4.78 is 29.4. The molecule has 1 N–H and O–H groups in total. The minimum atomic E-state index is -3.87. The van der Waals surface area contributed by atoms with Crippen LogP contribution in [0.25, 0.3) is 0 Å². The van der Waals surface area contributed by atoms with E-state index in [1.54, 1.807) is 7.05 Å². The molecule has 0 spiro atoms. The fourth-order valence-electron chi connectivity index (χ4n) is 4.49. The number of sulfonamides is 1. The third-order valence-corrected chi connectivity index (χ3v) is 7.24. The van der Waals surface area contributed by atoms with E-state index in [1.165, 1.54) is 16.5 Å². The van der Waals surface area contributed by atoms with Gasteiger partial charge in [0, 0.05) is 7.05 Å². The molecule has 1 aromatic heterocycles. The molecule has 2 aromatic rings. The fourth-order valence-corrected chi connectivity index (χ4v) is 5.32. The number of carbonyl (C=O) groups is 1. The van der Waals surface area contributed by atoms with Gasteiger partial charge in [0.1, 0.15) is 0 Å². The van der Waals surface area contributed by atoms with E-state index in [2.05, 4.69) is 9.71 Å². The zero-order valence-electron chi connectivity index (χ0n) is 16.2. The number of nitrogens with zero attached hydrogens (tertiary/aromatic N) is 5. The molecule has 2 atom stereocenters. The van der Waals surface area contributed by atoms with E-state index in [1.807, 2.05) is 35.2 Å². The summed E-state index contributed by atoms with van der Waals surface area (Å²) in [7, 11) is -0.839. The zero-order chi connectivity index (χ0) is 20.3. The topological polar surface area (TPSA) is 99.9 Å². The highest BCUT2D eigenvalue weighted by Gasteiger charge is 2.49. The maximum absolute atomic E-state index is 13.3. The van der Waals surface area contributed by atoms with Crippen molar-refractivity contribution in [1.29, 1.82) is 0 Å². The Morgan fingerprint density at radius 2 is 1.97 bits per heavy atom. The van der Waals surface area contributed by atoms with Gasteiger partial charge in [-0.05, 0) is 31.9 Å². The number of rotatable bonds is 4. The Kier molecular flexibility index (Phi) is 4.04. The fraction of sp³-hybridized carbons (Fsp3) is 0.421. The quantitative estimate of drug-likeness (QED) is 0.805.